The molecule has 0 fully saturated rings. The van der Waals surface area contributed by atoms with Crippen molar-refractivity contribution in [3.63, 3.8) is 0 Å². The summed E-state index contributed by atoms with van der Waals surface area (Å²) in [6.07, 6.45) is 0. The summed E-state index contributed by atoms with van der Waals surface area (Å²) in [5, 5.41) is 0.701. The molecular weight excluding hydrogens is 370 g/mol. The number of carbonyl (C=O) groups excluding carboxylic acids is 2. The highest BCUT2D eigenvalue weighted by Gasteiger charge is 2.15. The molecule has 0 aliphatic rings. The molecule has 5 heteroatoms. The van der Waals surface area contributed by atoms with Gasteiger partial charge in [-0.3, -0.25) is 4.79 Å². The van der Waals surface area contributed by atoms with Crippen molar-refractivity contribution in [2.45, 2.75) is 6.92 Å². The predicted octanol–water partition coefficient (Wildman–Crippen LogP) is 4.41. The van der Waals surface area contributed by atoms with E-state index in [1.54, 1.807) is 6.07 Å². The van der Waals surface area contributed by atoms with Crippen LogP contribution in [0.5, 0.6) is 0 Å². The molecule has 0 radical (unpaired) electrons. The van der Waals surface area contributed by atoms with E-state index in [2.05, 4.69) is 20.9 Å². The molecule has 120 valence electrons. The van der Waals surface area contributed by atoms with Crippen LogP contribution in [-0.4, -0.2) is 23.3 Å². The Balaban J connectivity index is 2.10. The van der Waals surface area contributed by atoms with Crippen LogP contribution in [0.25, 0.3) is 22.2 Å². The Morgan fingerprint density at radius 2 is 1.79 bits per heavy atom. The summed E-state index contributed by atoms with van der Waals surface area (Å²) < 4.78 is 6.05. The molecule has 3 rings (SSSR count). The molecule has 1 heterocycles. The van der Waals surface area contributed by atoms with Crippen LogP contribution in [0.1, 0.15) is 17.3 Å². The fourth-order valence-electron chi connectivity index (χ4n) is 2.36. The molecule has 24 heavy (non-hydrogen) atoms. The summed E-state index contributed by atoms with van der Waals surface area (Å²) in [7, 11) is 0. The molecule has 2 aromatic carbocycles. The summed E-state index contributed by atoms with van der Waals surface area (Å²) in [6.45, 7) is 1.15. The zero-order valence-corrected chi connectivity index (χ0v) is 14.5. The smallest absolute Gasteiger partial charge is 0.339 e. The first-order valence-electron chi connectivity index (χ1n) is 7.37. The fourth-order valence-corrected chi connectivity index (χ4v) is 2.62. The van der Waals surface area contributed by atoms with Crippen molar-refractivity contribution in [1.29, 1.82) is 0 Å². The SMILES string of the molecule is CC(=O)COC(=O)c1cc(-c2ccc(Br)cc2)nc2ccccc12. The molecule has 0 aliphatic heterocycles. The van der Waals surface area contributed by atoms with E-state index in [1.807, 2.05) is 48.5 Å². The average molecular weight is 384 g/mol. The van der Waals surface area contributed by atoms with E-state index in [-0.39, 0.29) is 12.4 Å². The highest BCUT2D eigenvalue weighted by atomic mass is 79.9. The average Bonchev–Trinajstić information content (AvgIpc) is 2.59. The van der Waals surface area contributed by atoms with E-state index in [9.17, 15) is 9.59 Å². The summed E-state index contributed by atoms with van der Waals surface area (Å²) >= 11 is 3.40. The highest BCUT2D eigenvalue weighted by Crippen LogP contribution is 2.26. The van der Waals surface area contributed by atoms with Crippen molar-refractivity contribution in [3.8, 4) is 11.3 Å². The number of hydrogen-bond acceptors (Lipinski definition) is 4. The molecular formula is C19H14BrNO3. The van der Waals surface area contributed by atoms with Crippen LogP contribution in [0.2, 0.25) is 0 Å². The number of nitrogens with zero attached hydrogens (tertiary/aromatic N) is 1. The van der Waals surface area contributed by atoms with Gasteiger partial charge in [0.05, 0.1) is 16.8 Å². The molecule has 0 bridgehead atoms. The van der Waals surface area contributed by atoms with Crippen LogP contribution in [0.4, 0.5) is 0 Å². The highest BCUT2D eigenvalue weighted by molar-refractivity contribution is 9.10. The van der Waals surface area contributed by atoms with Gasteiger partial charge in [-0.25, -0.2) is 9.78 Å². The number of para-hydroxylation sites is 1. The van der Waals surface area contributed by atoms with Crippen molar-refractivity contribution in [3.05, 3.63) is 64.6 Å². The molecule has 1 aromatic heterocycles. The van der Waals surface area contributed by atoms with Crippen molar-refractivity contribution >= 4 is 38.6 Å². The minimum Gasteiger partial charge on any atom is -0.454 e. The van der Waals surface area contributed by atoms with Gasteiger partial charge in [-0.15, -0.1) is 0 Å². The summed E-state index contributed by atoms with van der Waals surface area (Å²) in [5.41, 5.74) is 2.67. The Morgan fingerprint density at radius 3 is 2.50 bits per heavy atom. The topological polar surface area (TPSA) is 56.3 Å². The lowest BCUT2D eigenvalue weighted by molar-refractivity contribution is -0.120. The number of Topliss-reactive ketones (excluding diaryl/α,β-unsaturated/α-hetero) is 1. The van der Waals surface area contributed by atoms with E-state index in [1.165, 1.54) is 6.92 Å². The van der Waals surface area contributed by atoms with Gasteiger partial charge in [0.2, 0.25) is 0 Å². The third-order valence-corrected chi connectivity index (χ3v) is 4.01. The van der Waals surface area contributed by atoms with Gasteiger partial charge in [0.15, 0.2) is 5.78 Å². The number of esters is 1. The second-order valence-electron chi connectivity index (χ2n) is 5.36. The number of rotatable bonds is 4. The van der Waals surface area contributed by atoms with E-state index in [0.717, 1.165) is 10.0 Å². The van der Waals surface area contributed by atoms with E-state index in [0.29, 0.717) is 22.2 Å². The van der Waals surface area contributed by atoms with E-state index < -0.39 is 5.97 Å². The van der Waals surface area contributed by atoms with Gasteiger partial charge in [0.25, 0.3) is 0 Å². The number of carbonyl (C=O) groups is 2. The first kappa shape index (κ1) is 16.3. The quantitative estimate of drug-likeness (QED) is 0.626. The van der Waals surface area contributed by atoms with Gasteiger partial charge >= 0.3 is 5.97 Å². The maximum absolute atomic E-state index is 12.4. The van der Waals surface area contributed by atoms with Crippen LogP contribution in [0, 0.1) is 0 Å². The lowest BCUT2D eigenvalue weighted by Crippen LogP contribution is -2.12. The monoisotopic (exact) mass is 383 g/mol. The standard InChI is InChI=1S/C19H14BrNO3/c1-12(22)11-24-19(23)16-10-18(13-6-8-14(20)9-7-13)21-17-5-3-2-4-15(16)17/h2-10H,11H2,1H3. The number of halogens is 1. The third kappa shape index (κ3) is 3.51. The number of benzene rings is 2. The van der Waals surface area contributed by atoms with E-state index in [4.69, 9.17) is 4.74 Å². The fraction of sp³-hybridized carbons (Fsp3) is 0.105. The van der Waals surface area contributed by atoms with Crippen molar-refractivity contribution in [2.24, 2.45) is 0 Å². The Bertz CT molecular complexity index is 920. The third-order valence-electron chi connectivity index (χ3n) is 3.48. The van der Waals surface area contributed by atoms with Crippen LogP contribution < -0.4 is 0 Å². The molecule has 0 aliphatic carbocycles. The molecule has 0 spiro atoms. The van der Waals surface area contributed by atoms with Crippen LogP contribution >= 0.6 is 15.9 Å². The van der Waals surface area contributed by atoms with E-state index >= 15 is 0 Å². The summed E-state index contributed by atoms with van der Waals surface area (Å²) in [4.78, 5) is 28.1. The zero-order valence-electron chi connectivity index (χ0n) is 13.0. The second kappa shape index (κ2) is 6.93. The number of ketones is 1. The Kier molecular flexibility index (Phi) is 4.71. The van der Waals surface area contributed by atoms with Crippen LogP contribution in [0.3, 0.4) is 0 Å². The van der Waals surface area contributed by atoms with Gasteiger partial charge in [-0.2, -0.15) is 0 Å². The molecule has 0 saturated carbocycles. The van der Waals surface area contributed by atoms with Gasteiger partial charge < -0.3 is 4.74 Å². The molecule has 0 saturated heterocycles. The van der Waals surface area contributed by atoms with Gasteiger partial charge in [-0.05, 0) is 31.2 Å². The summed E-state index contributed by atoms with van der Waals surface area (Å²) in [6, 6.07) is 16.7. The molecule has 0 unspecified atom stereocenters. The molecule has 0 N–H and O–H groups in total. The minimum atomic E-state index is -0.526. The number of fused-ring (bicyclic) bond motifs is 1. The predicted molar refractivity (Wildman–Crippen MR) is 95.8 cm³/mol. The van der Waals surface area contributed by atoms with Crippen LogP contribution in [0.15, 0.2) is 59.1 Å². The maximum atomic E-state index is 12.4. The first-order chi connectivity index (χ1) is 11.5. The number of ether oxygens (including phenoxy) is 1. The lowest BCUT2D eigenvalue weighted by Gasteiger charge is -2.09. The van der Waals surface area contributed by atoms with Crippen molar-refractivity contribution < 1.29 is 14.3 Å². The molecule has 0 amide bonds. The Labute approximate surface area is 147 Å². The lowest BCUT2D eigenvalue weighted by atomic mass is 10.0. The van der Waals surface area contributed by atoms with Crippen LogP contribution in [-0.2, 0) is 9.53 Å². The zero-order chi connectivity index (χ0) is 17.1. The number of aromatic nitrogens is 1. The normalized spacial score (nSPS) is 10.6. The Morgan fingerprint density at radius 1 is 1.08 bits per heavy atom. The molecule has 3 aromatic rings. The van der Waals surface area contributed by atoms with Crippen molar-refractivity contribution in [2.75, 3.05) is 6.61 Å². The molecule has 0 atom stereocenters. The second-order valence-corrected chi connectivity index (χ2v) is 6.27. The first-order valence-corrected chi connectivity index (χ1v) is 8.16. The van der Waals surface area contributed by atoms with Crippen molar-refractivity contribution in [1.82, 2.24) is 4.98 Å². The van der Waals surface area contributed by atoms with Gasteiger partial charge in [0, 0.05) is 15.4 Å². The number of pyridine rings is 1. The Hall–Kier alpha value is -2.53. The van der Waals surface area contributed by atoms with Gasteiger partial charge in [-0.1, -0.05) is 46.3 Å². The van der Waals surface area contributed by atoms with Gasteiger partial charge in [0.1, 0.15) is 6.61 Å². The molecule has 4 nitrogen and oxygen atoms in total. The minimum absolute atomic E-state index is 0.199. The maximum Gasteiger partial charge on any atom is 0.339 e. The largest absolute Gasteiger partial charge is 0.454 e. The number of hydrogen-bond donors (Lipinski definition) is 0. The summed E-state index contributed by atoms with van der Waals surface area (Å²) in [5.74, 6) is -0.725.